The van der Waals surface area contributed by atoms with E-state index in [1.54, 1.807) is 11.0 Å². The molecular weight excluding hydrogens is 379 g/mol. The van der Waals surface area contributed by atoms with Gasteiger partial charge in [-0.25, -0.2) is 4.99 Å². The highest BCUT2D eigenvalue weighted by atomic mass is 19.4. The van der Waals surface area contributed by atoms with Crippen molar-refractivity contribution in [3.63, 3.8) is 0 Å². The molecule has 2 aliphatic rings. The summed E-state index contributed by atoms with van der Waals surface area (Å²) < 4.78 is 39.1. The van der Waals surface area contributed by atoms with Crippen molar-refractivity contribution in [3.8, 4) is 0 Å². The molecule has 1 fully saturated rings. The lowest BCUT2D eigenvalue weighted by Crippen LogP contribution is -3.14. The van der Waals surface area contributed by atoms with Crippen molar-refractivity contribution < 1.29 is 22.9 Å². The van der Waals surface area contributed by atoms with Crippen LogP contribution in [0.4, 0.5) is 24.5 Å². The Morgan fingerprint density at radius 2 is 1.83 bits per heavy atom. The average Bonchev–Trinajstić information content (AvgIpc) is 2.95. The van der Waals surface area contributed by atoms with E-state index in [0.717, 1.165) is 43.8 Å². The number of amides is 1. The molecule has 0 saturated carbocycles. The highest BCUT2D eigenvalue weighted by molar-refractivity contribution is 6.54. The third-order valence-corrected chi connectivity index (χ3v) is 5.68. The van der Waals surface area contributed by atoms with Gasteiger partial charge in [-0.15, -0.1) is 0 Å². The number of carbonyl (C=O) groups excluding carboxylic acids is 1. The molecule has 0 aromatic heterocycles. The van der Waals surface area contributed by atoms with E-state index in [2.05, 4.69) is 11.9 Å². The van der Waals surface area contributed by atoms with Crippen LogP contribution < -0.4 is 9.80 Å². The number of piperidine rings is 1. The summed E-state index contributed by atoms with van der Waals surface area (Å²) in [5, 5.41) is 0. The molecule has 2 heterocycles. The SMILES string of the molecule is CC1CC[NH+](CN2C(=O)C(=Nc3cccc(C(F)(F)F)c3)c3ccccc32)CC1. The van der Waals surface area contributed by atoms with Crippen LogP contribution in [-0.4, -0.2) is 31.4 Å². The van der Waals surface area contributed by atoms with Crippen molar-refractivity contribution in [2.45, 2.75) is 25.9 Å². The van der Waals surface area contributed by atoms with Gasteiger partial charge in [0.2, 0.25) is 0 Å². The Balaban J connectivity index is 1.65. The summed E-state index contributed by atoms with van der Waals surface area (Å²) in [7, 11) is 0. The first-order chi connectivity index (χ1) is 13.8. The fourth-order valence-electron chi connectivity index (χ4n) is 3.96. The van der Waals surface area contributed by atoms with E-state index in [1.165, 1.54) is 17.0 Å². The lowest BCUT2D eigenvalue weighted by molar-refractivity contribution is -0.904. The van der Waals surface area contributed by atoms with Crippen LogP contribution in [0.2, 0.25) is 0 Å². The number of rotatable bonds is 3. The quantitative estimate of drug-likeness (QED) is 0.839. The molecule has 7 heteroatoms. The number of halogens is 3. The van der Waals surface area contributed by atoms with Crippen LogP contribution in [0.1, 0.15) is 30.9 Å². The average molecular weight is 402 g/mol. The second-order valence-corrected chi connectivity index (χ2v) is 7.85. The molecule has 1 amide bonds. The number of carbonyl (C=O) groups is 1. The van der Waals surface area contributed by atoms with Gasteiger partial charge in [-0.05, 0) is 43.0 Å². The molecule has 0 spiro atoms. The maximum atomic E-state index is 13.1. The van der Waals surface area contributed by atoms with Gasteiger partial charge in [0, 0.05) is 5.56 Å². The van der Waals surface area contributed by atoms with Gasteiger partial charge in [-0.2, -0.15) is 13.2 Å². The molecule has 2 aromatic rings. The van der Waals surface area contributed by atoms with Crippen molar-refractivity contribution in [1.29, 1.82) is 0 Å². The largest absolute Gasteiger partial charge is 0.416 e. The molecule has 29 heavy (non-hydrogen) atoms. The molecule has 1 N–H and O–H groups in total. The normalized spacial score (nSPS) is 23.5. The van der Waals surface area contributed by atoms with E-state index in [9.17, 15) is 18.0 Å². The maximum absolute atomic E-state index is 13.1. The van der Waals surface area contributed by atoms with Crippen LogP contribution in [0.15, 0.2) is 53.5 Å². The monoisotopic (exact) mass is 402 g/mol. The molecule has 2 aromatic carbocycles. The second kappa shape index (κ2) is 7.63. The van der Waals surface area contributed by atoms with Crippen LogP contribution in [0.5, 0.6) is 0 Å². The van der Waals surface area contributed by atoms with Crippen molar-refractivity contribution in [2.24, 2.45) is 10.9 Å². The van der Waals surface area contributed by atoms with Gasteiger partial charge in [0.25, 0.3) is 5.91 Å². The molecule has 4 rings (SSSR count). The number of hydrogen-bond donors (Lipinski definition) is 1. The minimum Gasteiger partial charge on any atom is -0.317 e. The number of nitrogens with zero attached hydrogens (tertiary/aromatic N) is 2. The minimum atomic E-state index is -4.45. The summed E-state index contributed by atoms with van der Waals surface area (Å²) in [4.78, 5) is 20.5. The Morgan fingerprint density at radius 3 is 2.55 bits per heavy atom. The highest BCUT2D eigenvalue weighted by Gasteiger charge is 2.37. The zero-order valence-electron chi connectivity index (χ0n) is 16.2. The van der Waals surface area contributed by atoms with E-state index in [4.69, 9.17) is 0 Å². The smallest absolute Gasteiger partial charge is 0.317 e. The standard InChI is InChI=1S/C22H22F3N3O/c1-15-9-11-27(12-10-15)14-28-19-8-3-2-7-18(19)20(21(28)29)26-17-6-4-5-16(13-17)22(23,24)25/h2-8,13,15H,9-12,14H2,1H3/p+1. The van der Waals surface area contributed by atoms with Gasteiger partial charge >= 0.3 is 6.18 Å². The molecule has 0 radical (unpaired) electrons. The predicted octanol–water partition coefficient (Wildman–Crippen LogP) is 3.45. The number of aliphatic imine (C=N–C) groups is 1. The van der Waals surface area contributed by atoms with E-state index in [-0.39, 0.29) is 17.3 Å². The summed E-state index contributed by atoms with van der Waals surface area (Å²) in [5.41, 5.74) is 0.986. The Morgan fingerprint density at radius 1 is 1.10 bits per heavy atom. The number of hydrogen-bond acceptors (Lipinski definition) is 2. The van der Waals surface area contributed by atoms with E-state index < -0.39 is 11.7 Å². The van der Waals surface area contributed by atoms with Crippen molar-refractivity contribution >= 4 is 23.0 Å². The first kappa shape index (κ1) is 19.6. The zero-order chi connectivity index (χ0) is 20.6. The third-order valence-electron chi connectivity index (χ3n) is 5.68. The van der Waals surface area contributed by atoms with Gasteiger partial charge < -0.3 is 4.90 Å². The summed E-state index contributed by atoms with van der Waals surface area (Å²) in [5.74, 6) is 0.452. The first-order valence-corrected chi connectivity index (χ1v) is 9.83. The van der Waals surface area contributed by atoms with E-state index >= 15 is 0 Å². The Labute approximate surface area is 167 Å². The molecular formula is C22H23F3N3O+. The lowest BCUT2D eigenvalue weighted by atomic mass is 10.00. The summed E-state index contributed by atoms with van der Waals surface area (Å²) in [6, 6.07) is 12.1. The van der Waals surface area contributed by atoms with Crippen LogP contribution in [0.25, 0.3) is 0 Å². The summed E-state index contributed by atoms with van der Waals surface area (Å²) in [6.07, 6.45) is -2.19. The van der Waals surface area contributed by atoms with Crippen LogP contribution >= 0.6 is 0 Å². The number of nitrogens with one attached hydrogen (secondary N) is 1. The molecule has 0 unspecified atom stereocenters. The number of fused-ring (bicyclic) bond motifs is 1. The minimum absolute atomic E-state index is 0.124. The Bertz CT molecular complexity index is 946. The Kier molecular flexibility index (Phi) is 5.17. The molecule has 0 bridgehead atoms. The fourth-order valence-corrected chi connectivity index (χ4v) is 3.96. The highest BCUT2D eigenvalue weighted by Crippen LogP contribution is 2.33. The molecule has 0 atom stereocenters. The lowest BCUT2D eigenvalue weighted by Gasteiger charge is -2.30. The van der Waals surface area contributed by atoms with Gasteiger partial charge in [-0.1, -0.05) is 31.2 Å². The van der Waals surface area contributed by atoms with Crippen molar-refractivity contribution in [1.82, 2.24) is 0 Å². The number of anilines is 1. The predicted molar refractivity (Wildman–Crippen MR) is 106 cm³/mol. The Hall–Kier alpha value is -2.67. The van der Waals surface area contributed by atoms with Crippen molar-refractivity contribution in [3.05, 3.63) is 59.7 Å². The molecule has 2 aliphatic heterocycles. The molecule has 4 nitrogen and oxygen atoms in total. The zero-order valence-corrected chi connectivity index (χ0v) is 16.2. The topological polar surface area (TPSA) is 37.1 Å². The van der Waals surface area contributed by atoms with Crippen LogP contribution in [0, 0.1) is 5.92 Å². The number of para-hydroxylation sites is 1. The third kappa shape index (κ3) is 4.05. The first-order valence-electron chi connectivity index (χ1n) is 9.83. The van der Waals surface area contributed by atoms with E-state index in [0.29, 0.717) is 18.2 Å². The number of quaternary nitrogens is 1. The maximum Gasteiger partial charge on any atom is 0.416 e. The molecule has 0 aliphatic carbocycles. The second-order valence-electron chi connectivity index (χ2n) is 7.85. The van der Waals surface area contributed by atoms with Gasteiger partial charge in [0.1, 0.15) is 5.71 Å². The van der Waals surface area contributed by atoms with E-state index in [1.807, 2.05) is 18.2 Å². The number of benzene rings is 2. The summed E-state index contributed by atoms with van der Waals surface area (Å²) in [6.45, 7) is 4.80. The molecule has 1 saturated heterocycles. The number of alkyl halides is 3. The van der Waals surface area contributed by atoms with Crippen LogP contribution in [-0.2, 0) is 11.0 Å². The van der Waals surface area contributed by atoms with Crippen LogP contribution in [0.3, 0.4) is 0 Å². The van der Waals surface area contributed by atoms with Gasteiger partial charge in [0.05, 0.1) is 30.0 Å². The van der Waals surface area contributed by atoms with Crippen molar-refractivity contribution in [2.75, 3.05) is 24.7 Å². The van der Waals surface area contributed by atoms with Gasteiger partial charge in [-0.3, -0.25) is 9.69 Å². The summed E-state index contributed by atoms with van der Waals surface area (Å²) >= 11 is 0. The van der Waals surface area contributed by atoms with Gasteiger partial charge in [0.15, 0.2) is 6.67 Å². The fraction of sp³-hybridized carbons (Fsp3) is 0.364. The number of likely N-dealkylation sites (tertiary alicyclic amines) is 1. The molecule has 152 valence electrons.